The highest BCUT2D eigenvalue weighted by Crippen LogP contribution is 2.44. The Morgan fingerprint density at radius 1 is 1.21 bits per heavy atom. The zero-order chi connectivity index (χ0) is 13.6. The number of carbonyl (C=O) groups excluding carboxylic acids is 1. The maximum absolute atomic E-state index is 13.3. The fourth-order valence-electron chi connectivity index (χ4n) is 2.61. The second-order valence-corrected chi connectivity index (χ2v) is 6.33. The maximum Gasteiger partial charge on any atom is 0.184 e. The van der Waals surface area contributed by atoms with Gasteiger partial charge in [-0.15, -0.1) is 0 Å². The molecule has 1 aliphatic carbocycles. The van der Waals surface area contributed by atoms with Crippen molar-refractivity contribution in [3.05, 3.63) is 70.5 Å². The number of hydrogen-bond donors (Lipinski definition) is 0. The lowest BCUT2D eigenvalue weighted by atomic mass is 9.94. The topological polar surface area (TPSA) is 17.1 Å². The van der Waals surface area contributed by atoms with Gasteiger partial charge in [0.15, 0.2) is 5.78 Å². The van der Waals surface area contributed by atoms with Crippen molar-refractivity contribution >= 4 is 21.7 Å². The third-order valence-corrected chi connectivity index (χ3v) is 4.68. The average molecular weight is 319 g/mol. The van der Waals surface area contributed by atoms with Crippen LogP contribution in [0.25, 0.3) is 0 Å². The van der Waals surface area contributed by atoms with Gasteiger partial charge in [0.2, 0.25) is 0 Å². The first-order valence-electron chi connectivity index (χ1n) is 6.10. The summed E-state index contributed by atoms with van der Waals surface area (Å²) in [6.07, 6.45) is 0.488. The van der Waals surface area contributed by atoms with Crippen LogP contribution < -0.4 is 0 Å². The summed E-state index contributed by atoms with van der Waals surface area (Å²) in [4.78, 5) is 12.6. The van der Waals surface area contributed by atoms with E-state index in [4.69, 9.17) is 0 Å². The Balaban J connectivity index is 2.11. The molecular formula is C16H12BrFO. The second-order valence-electron chi connectivity index (χ2n) is 4.98. The molecule has 0 bridgehead atoms. The van der Waals surface area contributed by atoms with Crippen LogP contribution in [0.15, 0.2) is 42.5 Å². The van der Waals surface area contributed by atoms with Gasteiger partial charge in [0.25, 0.3) is 0 Å². The summed E-state index contributed by atoms with van der Waals surface area (Å²) in [6, 6.07) is 12.2. The van der Waals surface area contributed by atoms with Gasteiger partial charge < -0.3 is 0 Å². The van der Waals surface area contributed by atoms with Crippen LogP contribution in [0.4, 0.5) is 4.39 Å². The summed E-state index contributed by atoms with van der Waals surface area (Å²) in [6.45, 7) is 1.99. The van der Waals surface area contributed by atoms with Gasteiger partial charge in [-0.3, -0.25) is 4.79 Å². The van der Waals surface area contributed by atoms with E-state index in [-0.39, 0.29) is 11.6 Å². The van der Waals surface area contributed by atoms with Crippen molar-refractivity contribution in [2.75, 3.05) is 0 Å². The number of alkyl halides is 1. The minimum atomic E-state index is -0.755. The Bertz CT molecular complexity index is 680. The highest BCUT2D eigenvalue weighted by atomic mass is 79.9. The molecule has 0 spiro atoms. The van der Waals surface area contributed by atoms with Crippen molar-refractivity contribution in [1.29, 1.82) is 0 Å². The van der Waals surface area contributed by atoms with Crippen LogP contribution in [-0.2, 0) is 10.7 Å². The average Bonchev–Trinajstić information content (AvgIpc) is 2.62. The SMILES string of the molecule is Cc1cccc(C2(Br)Cc3cc(F)ccc3C2=O)c1. The second kappa shape index (κ2) is 4.27. The lowest BCUT2D eigenvalue weighted by Crippen LogP contribution is -2.25. The highest BCUT2D eigenvalue weighted by Gasteiger charge is 2.44. The molecule has 0 saturated carbocycles. The van der Waals surface area contributed by atoms with Crippen molar-refractivity contribution in [1.82, 2.24) is 0 Å². The highest BCUT2D eigenvalue weighted by molar-refractivity contribution is 9.10. The summed E-state index contributed by atoms with van der Waals surface area (Å²) < 4.78 is 12.5. The largest absolute Gasteiger partial charge is 0.292 e. The van der Waals surface area contributed by atoms with Crippen LogP contribution in [-0.4, -0.2) is 5.78 Å². The number of fused-ring (bicyclic) bond motifs is 1. The van der Waals surface area contributed by atoms with E-state index >= 15 is 0 Å². The predicted molar refractivity (Wildman–Crippen MR) is 76.2 cm³/mol. The molecule has 0 amide bonds. The Morgan fingerprint density at radius 3 is 2.74 bits per heavy atom. The van der Waals surface area contributed by atoms with E-state index in [1.807, 2.05) is 31.2 Å². The van der Waals surface area contributed by atoms with Crippen LogP contribution in [0.5, 0.6) is 0 Å². The van der Waals surface area contributed by atoms with E-state index < -0.39 is 4.32 Å². The summed E-state index contributed by atoms with van der Waals surface area (Å²) in [5.41, 5.74) is 3.41. The third kappa shape index (κ3) is 1.93. The number of rotatable bonds is 1. The van der Waals surface area contributed by atoms with Crippen LogP contribution in [0.3, 0.4) is 0 Å². The third-order valence-electron chi connectivity index (χ3n) is 3.58. The van der Waals surface area contributed by atoms with Crippen LogP contribution >= 0.6 is 15.9 Å². The minimum absolute atomic E-state index is 0.00750. The molecule has 0 fully saturated rings. The molecule has 1 aliphatic rings. The van der Waals surface area contributed by atoms with Crippen molar-refractivity contribution < 1.29 is 9.18 Å². The van der Waals surface area contributed by atoms with Gasteiger partial charge in [-0.05, 0) is 36.2 Å². The smallest absolute Gasteiger partial charge is 0.184 e. The number of ketones is 1. The molecule has 1 nitrogen and oxygen atoms in total. The molecule has 0 N–H and O–H groups in total. The first kappa shape index (κ1) is 12.5. The van der Waals surface area contributed by atoms with Gasteiger partial charge in [-0.1, -0.05) is 45.8 Å². The fourth-order valence-corrected chi connectivity index (χ4v) is 3.37. The molecule has 1 atom stereocenters. The molecule has 0 saturated heterocycles. The lowest BCUT2D eigenvalue weighted by molar-refractivity contribution is 0.0960. The van der Waals surface area contributed by atoms with Gasteiger partial charge in [0.05, 0.1) is 0 Å². The summed E-state index contributed by atoms with van der Waals surface area (Å²) in [7, 11) is 0. The molecule has 3 rings (SSSR count). The number of benzene rings is 2. The standard InChI is InChI=1S/C16H12BrFO/c1-10-3-2-4-12(7-10)16(17)9-11-8-13(18)5-6-14(11)15(16)19/h2-8H,9H2,1H3. The van der Waals surface area contributed by atoms with E-state index in [0.717, 1.165) is 16.7 Å². The van der Waals surface area contributed by atoms with Crippen LogP contribution in [0, 0.1) is 12.7 Å². The number of Topliss-reactive ketones (excluding diaryl/α,β-unsaturated/α-hetero) is 1. The molecule has 0 aliphatic heterocycles. The summed E-state index contributed by atoms with van der Waals surface area (Å²) >= 11 is 3.59. The number of carbonyl (C=O) groups is 1. The van der Waals surface area contributed by atoms with Crippen molar-refractivity contribution in [2.24, 2.45) is 0 Å². The molecule has 2 aromatic carbocycles. The number of aryl methyl sites for hydroxylation is 1. The summed E-state index contributed by atoms with van der Waals surface area (Å²) in [5.74, 6) is -0.291. The predicted octanol–water partition coefficient (Wildman–Crippen LogP) is 4.16. The van der Waals surface area contributed by atoms with E-state index in [1.165, 1.54) is 12.1 Å². The van der Waals surface area contributed by atoms with Crippen LogP contribution in [0.1, 0.15) is 27.0 Å². The molecule has 0 aromatic heterocycles. The van der Waals surface area contributed by atoms with Crippen molar-refractivity contribution in [3.63, 3.8) is 0 Å². The summed E-state index contributed by atoms with van der Waals surface area (Å²) in [5, 5.41) is 0. The van der Waals surface area contributed by atoms with Gasteiger partial charge >= 0.3 is 0 Å². The first-order chi connectivity index (χ1) is 9.00. The van der Waals surface area contributed by atoms with E-state index in [9.17, 15) is 9.18 Å². The van der Waals surface area contributed by atoms with Gasteiger partial charge in [0, 0.05) is 12.0 Å². The van der Waals surface area contributed by atoms with Gasteiger partial charge in [-0.25, -0.2) is 4.39 Å². The Hall–Kier alpha value is -1.48. The Labute approximate surface area is 119 Å². The van der Waals surface area contributed by atoms with Crippen molar-refractivity contribution in [3.8, 4) is 0 Å². The minimum Gasteiger partial charge on any atom is -0.292 e. The molecule has 0 radical (unpaired) electrons. The molecule has 3 heteroatoms. The van der Waals surface area contributed by atoms with E-state index in [0.29, 0.717) is 12.0 Å². The quantitative estimate of drug-likeness (QED) is 0.721. The normalized spacial score (nSPS) is 21.5. The van der Waals surface area contributed by atoms with E-state index in [2.05, 4.69) is 15.9 Å². The zero-order valence-corrected chi connectivity index (χ0v) is 12.0. The Morgan fingerprint density at radius 2 is 2.00 bits per heavy atom. The number of halogens is 2. The monoisotopic (exact) mass is 318 g/mol. The van der Waals surface area contributed by atoms with Crippen LogP contribution in [0.2, 0.25) is 0 Å². The molecular weight excluding hydrogens is 307 g/mol. The molecule has 2 aromatic rings. The fraction of sp³-hybridized carbons (Fsp3) is 0.188. The van der Waals surface area contributed by atoms with E-state index in [1.54, 1.807) is 6.07 Å². The molecule has 19 heavy (non-hydrogen) atoms. The van der Waals surface area contributed by atoms with Crippen molar-refractivity contribution in [2.45, 2.75) is 17.7 Å². The Kier molecular flexibility index (Phi) is 2.82. The van der Waals surface area contributed by atoms with Gasteiger partial charge in [-0.2, -0.15) is 0 Å². The molecule has 96 valence electrons. The zero-order valence-electron chi connectivity index (χ0n) is 10.4. The lowest BCUT2D eigenvalue weighted by Gasteiger charge is -2.20. The van der Waals surface area contributed by atoms with Gasteiger partial charge in [0.1, 0.15) is 10.1 Å². The maximum atomic E-state index is 13.3. The first-order valence-corrected chi connectivity index (χ1v) is 6.89. The number of hydrogen-bond acceptors (Lipinski definition) is 1. The molecule has 0 heterocycles. The molecule has 1 unspecified atom stereocenters.